The Labute approximate surface area is 263 Å². The Morgan fingerprint density at radius 1 is 0.977 bits per heavy atom. The monoisotopic (exact) mass is 625 g/mol. The summed E-state index contributed by atoms with van der Waals surface area (Å²) in [5.74, 6) is 0. The third-order valence-corrected chi connectivity index (χ3v) is 10.1. The van der Waals surface area contributed by atoms with Crippen LogP contribution in [0.3, 0.4) is 0 Å². The molecular weight excluding hydrogens is 582 g/mol. The van der Waals surface area contributed by atoms with Crippen LogP contribution in [0.2, 0.25) is 0 Å². The van der Waals surface area contributed by atoms with Crippen molar-refractivity contribution in [3.63, 3.8) is 0 Å². The first-order valence-corrected chi connectivity index (χ1v) is 16.0. The largest absolute Gasteiger partial charge is 0.445 e. The quantitative estimate of drug-likeness (QED) is 0.207. The molecule has 1 saturated heterocycles. The number of hydrogen-bond donors (Lipinski definition) is 0. The number of nitrogens with zero attached hydrogens (tertiary/aromatic N) is 3. The molecule has 3 aromatic carbocycles. The molecule has 7 nitrogen and oxygen atoms in total. The van der Waals surface area contributed by atoms with Crippen molar-refractivity contribution in [2.75, 3.05) is 39.8 Å². The van der Waals surface area contributed by atoms with E-state index < -0.39 is 10.0 Å². The van der Waals surface area contributed by atoms with E-state index in [2.05, 4.69) is 30.5 Å². The van der Waals surface area contributed by atoms with Crippen molar-refractivity contribution in [2.24, 2.45) is 0 Å². The summed E-state index contributed by atoms with van der Waals surface area (Å²) >= 11 is 0. The maximum Gasteiger partial charge on any atom is 0.410 e. The normalized spacial score (nSPS) is 15.7. The van der Waals surface area contributed by atoms with Gasteiger partial charge in [0.1, 0.15) is 6.61 Å². The minimum atomic E-state index is -3.61. The second-order valence-electron chi connectivity index (χ2n) is 11.3. The van der Waals surface area contributed by atoms with Crippen molar-refractivity contribution >= 4 is 28.5 Å². The molecule has 0 bridgehead atoms. The molecule has 0 aliphatic carbocycles. The zero-order chi connectivity index (χ0) is 30.0. The second kappa shape index (κ2) is 16.1. The molecule has 1 aliphatic rings. The Morgan fingerprint density at radius 3 is 2.12 bits per heavy atom. The molecule has 232 valence electrons. The first-order valence-electron chi connectivity index (χ1n) is 14.6. The number of halogens is 1. The van der Waals surface area contributed by atoms with Gasteiger partial charge in [-0.25, -0.2) is 17.5 Å². The molecule has 1 atom stereocenters. The van der Waals surface area contributed by atoms with Crippen molar-refractivity contribution in [1.82, 2.24) is 14.1 Å². The maximum absolute atomic E-state index is 13.3. The molecule has 1 unspecified atom stereocenters. The first-order chi connectivity index (χ1) is 20.2. The number of rotatable bonds is 13. The lowest BCUT2D eigenvalue weighted by atomic mass is 9.79. The number of benzene rings is 3. The zero-order valence-corrected chi connectivity index (χ0v) is 26.8. The van der Waals surface area contributed by atoms with Crippen LogP contribution in [0, 0.1) is 0 Å². The summed E-state index contributed by atoms with van der Waals surface area (Å²) in [6.07, 6.45) is 3.93. The van der Waals surface area contributed by atoms with E-state index in [1.165, 1.54) is 4.31 Å². The lowest BCUT2D eigenvalue weighted by molar-refractivity contribution is 0.0647. The number of hydrogen-bond acceptors (Lipinski definition) is 5. The molecule has 1 heterocycles. The predicted molar refractivity (Wildman–Crippen MR) is 175 cm³/mol. The molecule has 0 radical (unpaired) electrons. The maximum atomic E-state index is 13.3. The Balaban J connectivity index is 0.00000506. The van der Waals surface area contributed by atoms with Gasteiger partial charge in [-0.1, -0.05) is 91.9 Å². The van der Waals surface area contributed by atoms with Crippen LogP contribution >= 0.6 is 12.4 Å². The van der Waals surface area contributed by atoms with Crippen molar-refractivity contribution < 1.29 is 17.9 Å². The van der Waals surface area contributed by atoms with Gasteiger partial charge in [0.05, 0.1) is 4.90 Å². The van der Waals surface area contributed by atoms with E-state index in [0.29, 0.717) is 18.0 Å². The summed E-state index contributed by atoms with van der Waals surface area (Å²) in [5.41, 5.74) is 1.70. The number of amides is 1. The molecule has 1 aliphatic heterocycles. The highest BCUT2D eigenvalue weighted by atomic mass is 35.5. The summed E-state index contributed by atoms with van der Waals surface area (Å²) in [7, 11) is -1.95. The number of likely N-dealkylation sites (N-methyl/N-ethyl adjacent to an activating group) is 1. The predicted octanol–water partition coefficient (Wildman–Crippen LogP) is 6.37. The molecule has 3 aromatic rings. The Hall–Kier alpha value is -3.17. The highest BCUT2D eigenvalue weighted by Crippen LogP contribution is 2.31. The van der Waals surface area contributed by atoms with Gasteiger partial charge in [-0.15, -0.1) is 19.0 Å². The van der Waals surface area contributed by atoms with Crippen LogP contribution in [-0.2, 0) is 26.8 Å². The summed E-state index contributed by atoms with van der Waals surface area (Å²) in [4.78, 5) is 17.5. The zero-order valence-electron chi connectivity index (χ0n) is 25.2. The molecular formula is C34H44ClN3O4S. The number of carbonyl (C=O) groups excluding carboxylic acids is 1. The van der Waals surface area contributed by atoms with Gasteiger partial charge >= 0.3 is 6.09 Å². The SMILES string of the molecule is C=CCN(C(=O)OCc1ccccc1)C1CCN(CCC(C)(CN(C)S(=O)(=O)c2ccccc2)c2ccccc2)CC1.Cl. The molecule has 0 saturated carbocycles. The average molecular weight is 626 g/mol. The van der Waals surface area contributed by atoms with E-state index >= 15 is 0 Å². The minimum absolute atomic E-state index is 0. The standard InChI is InChI=1S/C34H43N3O4S.ClH/c1-4-23-37(33(38)41-27-29-14-8-5-9-15-29)31-20-24-36(25-21-31)26-22-34(2,30-16-10-6-11-17-30)28-35(3)42(39,40)32-18-12-7-13-19-32;/h4-19,31H,1,20-28H2,2-3H3;1H. The van der Waals surface area contributed by atoms with Crippen molar-refractivity contribution in [2.45, 2.75) is 49.1 Å². The van der Waals surface area contributed by atoms with Crippen LogP contribution in [0.4, 0.5) is 4.79 Å². The summed E-state index contributed by atoms with van der Waals surface area (Å²) in [5, 5.41) is 0. The smallest absolute Gasteiger partial charge is 0.410 e. The van der Waals surface area contributed by atoms with Gasteiger partial charge in [0.15, 0.2) is 0 Å². The summed E-state index contributed by atoms with van der Waals surface area (Å²) in [6, 6.07) is 28.6. The molecule has 4 rings (SSSR count). The highest BCUT2D eigenvalue weighted by molar-refractivity contribution is 7.89. The van der Waals surface area contributed by atoms with Crippen LogP contribution < -0.4 is 0 Å². The Bertz CT molecular complexity index is 1380. The molecule has 0 aromatic heterocycles. The van der Waals surface area contributed by atoms with Crippen LogP contribution in [-0.4, -0.2) is 74.4 Å². The molecule has 9 heteroatoms. The lowest BCUT2D eigenvalue weighted by Crippen LogP contribution is -2.48. The van der Waals surface area contributed by atoms with Gasteiger partial charge < -0.3 is 14.5 Å². The highest BCUT2D eigenvalue weighted by Gasteiger charge is 2.34. The number of carbonyl (C=O) groups is 1. The van der Waals surface area contributed by atoms with Crippen molar-refractivity contribution in [1.29, 1.82) is 0 Å². The Kier molecular flexibility index (Phi) is 12.8. The van der Waals surface area contributed by atoms with Crippen LogP contribution in [0.5, 0.6) is 0 Å². The number of sulfonamides is 1. The minimum Gasteiger partial charge on any atom is -0.445 e. The average Bonchev–Trinajstić information content (AvgIpc) is 3.03. The molecule has 1 amide bonds. The lowest BCUT2D eigenvalue weighted by Gasteiger charge is -2.40. The van der Waals surface area contributed by atoms with Gasteiger partial charge in [0.2, 0.25) is 10.0 Å². The van der Waals surface area contributed by atoms with Crippen LogP contribution in [0.1, 0.15) is 37.3 Å². The fourth-order valence-corrected chi connectivity index (χ4v) is 6.99. The van der Waals surface area contributed by atoms with Gasteiger partial charge in [-0.2, -0.15) is 0 Å². The van der Waals surface area contributed by atoms with Crippen LogP contribution in [0.15, 0.2) is 109 Å². The molecule has 0 N–H and O–H groups in total. The van der Waals surface area contributed by atoms with E-state index in [1.54, 1.807) is 42.3 Å². The Morgan fingerprint density at radius 2 is 1.53 bits per heavy atom. The number of piperidine rings is 1. The van der Waals surface area contributed by atoms with Gasteiger partial charge in [-0.05, 0) is 49.1 Å². The summed E-state index contributed by atoms with van der Waals surface area (Å²) in [6.45, 7) is 9.61. The summed E-state index contributed by atoms with van der Waals surface area (Å²) < 4.78 is 33.8. The van der Waals surface area contributed by atoms with Crippen molar-refractivity contribution in [3.8, 4) is 0 Å². The molecule has 0 spiro atoms. The van der Waals surface area contributed by atoms with Crippen molar-refractivity contribution in [3.05, 3.63) is 115 Å². The number of ether oxygens (including phenoxy) is 1. The fourth-order valence-electron chi connectivity index (χ4n) is 5.68. The second-order valence-corrected chi connectivity index (χ2v) is 13.3. The van der Waals surface area contributed by atoms with Gasteiger partial charge in [-0.3, -0.25) is 0 Å². The van der Waals surface area contributed by atoms with Gasteiger partial charge in [0, 0.05) is 44.7 Å². The number of likely N-dealkylation sites (tertiary alicyclic amines) is 1. The van der Waals surface area contributed by atoms with E-state index in [9.17, 15) is 13.2 Å². The third kappa shape index (κ3) is 9.16. The van der Waals surface area contributed by atoms with E-state index in [0.717, 1.165) is 50.0 Å². The topological polar surface area (TPSA) is 70.2 Å². The van der Waals surface area contributed by atoms with Gasteiger partial charge in [0.25, 0.3) is 0 Å². The molecule has 1 fully saturated rings. The first kappa shape index (κ1) is 34.3. The fraction of sp³-hybridized carbons (Fsp3) is 0.382. The molecule has 43 heavy (non-hydrogen) atoms. The van der Waals surface area contributed by atoms with E-state index in [-0.39, 0.29) is 36.6 Å². The third-order valence-electron chi connectivity index (χ3n) is 8.24. The van der Waals surface area contributed by atoms with E-state index in [1.807, 2.05) is 54.6 Å². The van der Waals surface area contributed by atoms with E-state index in [4.69, 9.17) is 4.74 Å². The van der Waals surface area contributed by atoms with Crippen LogP contribution in [0.25, 0.3) is 0 Å².